The molecule has 2 rings (SSSR count). The van der Waals surface area contributed by atoms with Crippen LogP contribution in [0.4, 0.5) is 5.82 Å². The molecule has 2 aromatic rings. The molecule has 0 amide bonds. The predicted molar refractivity (Wildman–Crippen MR) is 66.5 cm³/mol. The van der Waals surface area contributed by atoms with E-state index in [1.165, 1.54) is 0 Å². The van der Waals surface area contributed by atoms with Crippen molar-refractivity contribution in [3.05, 3.63) is 39.9 Å². The monoisotopic (exact) mass is 278 g/mol. The van der Waals surface area contributed by atoms with E-state index in [1.54, 1.807) is 6.20 Å². The van der Waals surface area contributed by atoms with Gasteiger partial charge in [0, 0.05) is 0 Å². The molecule has 5 heteroatoms. The first-order valence-electron chi connectivity index (χ1n) is 4.80. The number of aromatic nitrogens is 2. The van der Waals surface area contributed by atoms with Crippen LogP contribution in [0.15, 0.2) is 22.8 Å². The van der Waals surface area contributed by atoms with Crippen molar-refractivity contribution in [1.82, 2.24) is 14.3 Å². The van der Waals surface area contributed by atoms with Gasteiger partial charge in [0.1, 0.15) is 5.69 Å². The van der Waals surface area contributed by atoms with Crippen LogP contribution in [0.5, 0.6) is 0 Å². The zero-order valence-corrected chi connectivity index (χ0v) is 10.7. The minimum Gasteiger partial charge on any atom is -0.362 e. The average Bonchev–Trinajstić information content (AvgIpc) is 2.66. The maximum Gasteiger partial charge on any atom is 0.254 e. The van der Waals surface area contributed by atoms with Crippen LogP contribution < -0.4 is 0 Å². The lowest BCUT2D eigenvalue weighted by molar-refractivity contribution is 0.395. The zero-order valence-electron chi connectivity index (χ0n) is 9.11. The normalized spacial score (nSPS) is 10.9. The smallest absolute Gasteiger partial charge is 0.254 e. The maximum absolute atomic E-state index is 7.13. The molecule has 0 bridgehead atoms. The molecular weight excluding hydrogens is 268 g/mol. The second-order valence-corrected chi connectivity index (χ2v) is 4.65. The van der Waals surface area contributed by atoms with Gasteiger partial charge in [-0.3, -0.25) is 0 Å². The van der Waals surface area contributed by atoms with Crippen molar-refractivity contribution in [1.29, 1.82) is 0 Å². The van der Waals surface area contributed by atoms with Gasteiger partial charge in [-0.2, -0.15) is 0 Å². The van der Waals surface area contributed by atoms with Crippen LogP contribution in [-0.2, 0) is 6.54 Å². The first-order chi connectivity index (χ1) is 7.63. The summed E-state index contributed by atoms with van der Waals surface area (Å²) >= 11 is 3.44. The Bertz CT molecular complexity index is 565. The Hall–Kier alpha value is -1.38. The molecule has 0 radical (unpaired) electrons. The zero-order chi connectivity index (χ0) is 11.7. The standard InChI is InChI=1S/C11H11BrN4/c1-13-10-6-14-11-9(12)5-4-8(16(10)11)7-15(2)3/h4-6H,7H2,2-3H3. The van der Waals surface area contributed by atoms with Gasteiger partial charge in [-0.05, 0) is 42.2 Å². The molecule has 16 heavy (non-hydrogen) atoms. The molecule has 2 aromatic heterocycles. The molecule has 0 unspecified atom stereocenters. The molecule has 0 N–H and O–H groups in total. The van der Waals surface area contributed by atoms with Gasteiger partial charge in [-0.1, -0.05) is 6.57 Å². The number of hydrogen-bond donors (Lipinski definition) is 0. The molecule has 0 atom stereocenters. The summed E-state index contributed by atoms with van der Waals surface area (Å²) < 4.78 is 2.79. The van der Waals surface area contributed by atoms with Gasteiger partial charge in [-0.15, -0.1) is 0 Å². The van der Waals surface area contributed by atoms with E-state index < -0.39 is 0 Å². The van der Waals surface area contributed by atoms with Crippen molar-refractivity contribution >= 4 is 27.4 Å². The minimum atomic E-state index is 0.549. The molecule has 0 aromatic carbocycles. The number of nitrogens with zero attached hydrogens (tertiary/aromatic N) is 4. The summed E-state index contributed by atoms with van der Waals surface area (Å²) in [7, 11) is 4.00. The lowest BCUT2D eigenvalue weighted by Crippen LogP contribution is -2.13. The molecule has 0 spiro atoms. The van der Waals surface area contributed by atoms with E-state index in [1.807, 2.05) is 30.6 Å². The maximum atomic E-state index is 7.13. The van der Waals surface area contributed by atoms with Crippen LogP contribution in [0.3, 0.4) is 0 Å². The molecule has 0 aliphatic carbocycles. The Morgan fingerprint density at radius 2 is 2.25 bits per heavy atom. The van der Waals surface area contributed by atoms with Crippen LogP contribution >= 0.6 is 15.9 Å². The Labute approximate surface area is 102 Å². The third-order valence-corrected chi connectivity index (χ3v) is 2.88. The first kappa shape index (κ1) is 11.1. The van der Waals surface area contributed by atoms with Crippen LogP contribution in [0.1, 0.15) is 5.69 Å². The fraction of sp³-hybridized carbons (Fsp3) is 0.273. The van der Waals surface area contributed by atoms with Crippen molar-refractivity contribution in [2.75, 3.05) is 14.1 Å². The molecule has 0 aliphatic heterocycles. The largest absolute Gasteiger partial charge is 0.362 e. The summed E-state index contributed by atoms with van der Waals surface area (Å²) in [5, 5.41) is 0. The van der Waals surface area contributed by atoms with Crippen molar-refractivity contribution in [3.8, 4) is 0 Å². The van der Waals surface area contributed by atoms with Crippen LogP contribution in [0, 0.1) is 6.57 Å². The van der Waals surface area contributed by atoms with Gasteiger partial charge in [0.05, 0.1) is 17.2 Å². The summed E-state index contributed by atoms with van der Waals surface area (Å²) in [5.74, 6) is 0.549. The highest BCUT2D eigenvalue weighted by atomic mass is 79.9. The lowest BCUT2D eigenvalue weighted by atomic mass is 10.3. The minimum absolute atomic E-state index is 0.549. The fourth-order valence-electron chi connectivity index (χ4n) is 1.64. The van der Waals surface area contributed by atoms with E-state index in [2.05, 4.69) is 30.7 Å². The molecule has 0 aliphatic rings. The van der Waals surface area contributed by atoms with Crippen LogP contribution in [0.2, 0.25) is 0 Å². The van der Waals surface area contributed by atoms with Crippen LogP contribution in [-0.4, -0.2) is 28.4 Å². The van der Waals surface area contributed by atoms with Gasteiger partial charge in [-0.25, -0.2) is 9.38 Å². The molecule has 4 nitrogen and oxygen atoms in total. The highest BCUT2D eigenvalue weighted by Crippen LogP contribution is 2.24. The third-order valence-electron chi connectivity index (χ3n) is 2.26. The molecule has 2 heterocycles. The van der Waals surface area contributed by atoms with E-state index in [-0.39, 0.29) is 0 Å². The van der Waals surface area contributed by atoms with Gasteiger partial charge in [0.25, 0.3) is 5.82 Å². The Morgan fingerprint density at radius 3 is 2.88 bits per heavy atom. The van der Waals surface area contributed by atoms with Crippen LogP contribution in [0.25, 0.3) is 10.5 Å². The van der Waals surface area contributed by atoms with Gasteiger partial charge >= 0.3 is 0 Å². The van der Waals surface area contributed by atoms with E-state index >= 15 is 0 Å². The number of imidazole rings is 1. The number of fused-ring (bicyclic) bond motifs is 1. The highest BCUT2D eigenvalue weighted by molar-refractivity contribution is 9.10. The van der Waals surface area contributed by atoms with Gasteiger partial charge in [0.15, 0.2) is 0 Å². The van der Waals surface area contributed by atoms with Crippen molar-refractivity contribution in [2.24, 2.45) is 0 Å². The number of hydrogen-bond acceptors (Lipinski definition) is 2. The average molecular weight is 279 g/mol. The van der Waals surface area contributed by atoms with E-state index in [9.17, 15) is 0 Å². The molecule has 0 fully saturated rings. The number of pyridine rings is 1. The first-order valence-corrected chi connectivity index (χ1v) is 5.60. The quantitative estimate of drug-likeness (QED) is 0.790. The Kier molecular flexibility index (Phi) is 2.95. The summed E-state index contributed by atoms with van der Waals surface area (Å²) in [4.78, 5) is 9.79. The lowest BCUT2D eigenvalue weighted by Gasteiger charge is -2.10. The molecule has 82 valence electrons. The fourth-order valence-corrected chi connectivity index (χ4v) is 2.05. The van der Waals surface area contributed by atoms with E-state index in [0.717, 1.165) is 22.4 Å². The number of rotatable bonds is 2. The summed E-state index contributed by atoms with van der Waals surface area (Å²) in [5.41, 5.74) is 1.86. The molecular formula is C11H11BrN4. The summed E-state index contributed by atoms with van der Waals surface area (Å²) in [6.07, 6.45) is 1.60. The highest BCUT2D eigenvalue weighted by Gasteiger charge is 2.13. The Balaban J connectivity index is 2.70. The SMILES string of the molecule is [C-]#[N+]c1cnc2c(Br)ccc(CN(C)C)n12. The predicted octanol–water partition coefficient (Wildman–Crippen LogP) is 2.71. The second-order valence-electron chi connectivity index (χ2n) is 3.80. The summed E-state index contributed by atoms with van der Waals surface area (Å²) in [6, 6.07) is 3.97. The van der Waals surface area contributed by atoms with E-state index in [0.29, 0.717) is 5.82 Å². The molecule has 0 saturated carbocycles. The van der Waals surface area contributed by atoms with Crippen molar-refractivity contribution < 1.29 is 0 Å². The third kappa shape index (κ3) is 1.82. The van der Waals surface area contributed by atoms with Gasteiger partial charge < -0.3 is 9.74 Å². The van der Waals surface area contributed by atoms with E-state index in [4.69, 9.17) is 6.57 Å². The summed E-state index contributed by atoms with van der Waals surface area (Å²) in [6.45, 7) is 7.91. The van der Waals surface area contributed by atoms with Crippen molar-refractivity contribution in [3.63, 3.8) is 0 Å². The second kappa shape index (κ2) is 4.24. The molecule has 0 saturated heterocycles. The van der Waals surface area contributed by atoms with Crippen molar-refractivity contribution in [2.45, 2.75) is 6.54 Å². The number of halogens is 1. The topological polar surface area (TPSA) is 24.9 Å². The van der Waals surface area contributed by atoms with Gasteiger partial charge in [0.2, 0.25) is 5.65 Å². The Morgan fingerprint density at radius 1 is 1.50 bits per heavy atom.